The number of allylic oxidation sites excluding steroid dienone is 2. The van der Waals surface area contributed by atoms with Crippen LogP contribution >= 0.6 is 0 Å². The Bertz CT molecular complexity index is 1100. The summed E-state index contributed by atoms with van der Waals surface area (Å²) in [5, 5.41) is 0. The first-order chi connectivity index (χ1) is 16.4. The fraction of sp³-hybridized carbons (Fsp3) is 0.828. The lowest BCUT2D eigenvalue weighted by molar-refractivity contribution is -0.379. The minimum atomic E-state index is -0.806. The second kappa shape index (κ2) is 6.48. The van der Waals surface area contributed by atoms with E-state index in [0.29, 0.717) is 18.8 Å². The maximum atomic E-state index is 14.0. The fourth-order valence-electron chi connectivity index (χ4n) is 11.0. The van der Waals surface area contributed by atoms with Gasteiger partial charge in [-0.2, -0.15) is 0 Å². The molecule has 4 aliphatic heterocycles. The van der Waals surface area contributed by atoms with Gasteiger partial charge in [-0.05, 0) is 67.8 Å². The topological polar surface area (TPSA) is 72.9 Å². The standard InChI is InChI=1S/C29H39NO5/c1-16-9-20-19(21(31)10-16)11-22(32)24-25(20,3)15-29-27(5,26(24,4)13-23(33)35-29)6-7-28-12-17(2)8-18(34-28)14-30(28)29/h10,17-20,24H,6-9,11-15H2,1-5H3/t17-,18-,19-,20+,24?,25-,26-,27-,28-,29+/m0/s1. The number of piperidine rings is 1. The summed E-state index contributed by atoms with van der Waals surface area (Å²) in [5.41, 5.74) is -1.36. The molecule has 0 aromatic carbocycles. The highest BCUT2D eigenvalue weighted by molar-refractivity contribution is 5.99. The van der Waals surface area contributed by atoms with E-state index in [9.17, 15) is 14.4 Å². The lowest BCUT2D eigenvalue weighted by Crippen LogP contribution is -2.82. The van der Waals surface area contributed by atoms with Crippen LogP contribution in [0.3, 0.4) is 0 Å². The number of esters is 1. The molecule has 4 bridgehead atoms. The van der Waals surface area contributed by atoms with Crippen molar-refractivity contribution in [3.8, 4) is 0 Å². The van der Waals surface area contributed by atoms with Gasteiger partial charge in [-0.3, -0.25) is 14.4 Å². The van der Waals surface area contributed by atoms with Crippen molar-refractivity contribution in [1.29, 1.82) is 0 Å². The molecule has 7 aliphatic rings. The van der Waals surface area contributed by atoms with Gasteiger partial charge < -0.3 is 9.47 Å². The Morgan fingerprint density at radius 2 is 1.86 bits per heavy atom. The summed E-state index contributed by atoms with van der Waals surface area (Å²) >= 11 is 0. The Kier molecular flexibility index (Phi) is 4.19. The van der Waals surface area contributed by atoms with Crippen LogP contribution < -0.4 is 0 Å². The average molecular weight is 482 g/mol. The highest BCUT2D eigenvalue weighted by Gasteiger charge is 2.82. The van der Waals surface area contributed by atoms with Crippen LogP contribution in [0.1, 0.15) is 86.0 Å². The summed E-state index contributed by atoms with van der Waals surface area (Å²) in [6, 6.07) is 0. The summed E-state index contributed by atoms with van der Waals surface area (Å²) in [5.74, 6) is 0.300. The number of carbonyl (C=O) groups is 3. The van der Waals surface area contributed by atoms with Gasteiger partial charge in [0.2, 0.25) is 0 Å². The van der Waals surface area contributed by atoms with Crippen LogP contribution in [0.4, 0.5) is 0 Å². The van der Waals surface area contributed by atoms with E-state index >= 15 is 0 Å². The number of ether oxygens (including phenoxy) is 2. The third-order valence-electron chi connectivity index (χ3n) is 12.3. The highest BCUT2D eigenvalue weighted by Crippen LogP contribution is 2.77. The Morgan fingerprint density at radius 3 is 2.63 bits per heavy atom. The van der Waals surface area contributed by atoms with Crippen LogP contribution in [0.5, 0.6) is 0 Å². The van der Waals surface area contributed by atoms with Gasteiger partial charge in [-0.15, -0.1) is 0 Å². The zero-order valence-corrected chi connectivity index (χ0v) is 21.8. The van der Waals surface area contributed by atoms with Crippen molar-refractivity contribution in [3.05, 3.63) is 11.6 Å². The molecule has 0 N–H and O–H groups in total. The van der Waals surface area contributed by atoms with Crippen LogP contribution in [0.15, 0.2) is 11.6 Å². The van der Waals surface area contributed by atoms with E-state index in [4.69, 9.17) is 9.47 Å². The van der Waals surface area contributed by atoms with Crippen molar-refractivity contribution >= 4 is 17.5 Å². The third-order valence-corrected chi connectivity index (χ3v) is 12.3. The molecule has 0 amide bonds. The van der Waals surface area contributed by atoms with Gasteiger partial charge in [-0.25, -0.2) is 4.90 Å². The minimum absolute atomic E-state index is 0.0972. The molecule has 4 heterocycles. The fourth-order valence-corrected chi connectivity index (χ4v) is 11.0. The molecule has 1 spiro atoms. The molecule has 4 saturated heterocycles. The predicted octanol–water partition coefficient (Wildman–Crippen LogP) is 4.41. The van der Waals surface area contributed by atoms with Gasteiger partial charge in [0.15, 0.2) is 11.5 Å². The zero-order valence-electron chi connectivity index (χ0n) is 21.8. The molecule has 35 heavy (non-hydrogen) atoms. The second-order valence-corrected chi connectivity index (χ2v) is 14.1. The molecule has 3 aliphatic carbocycles. The molecule has 0 aromatic heterocycles. The van der Waals surface area contributed by atoms with Crippen LogP contribution in [0.25, 0.3) is 0 Å². The first-order valence-corrected chi connectivity index (χ1v) is 13.8. The number of Topliss-reactive ketones (excluding diaryl/α,β-unsaturated/α-hetero) is 1. The van der Waals surface area contributed by atoms with E-state index in [0.717, 1.165) is 44.2 Å². The molecular formula is C29H39NO5. The van der Waals surface area contributed by atoms with Crippen LogP contribution in [-0.2, 0) is 23.9 Å². The minimum Gasteiger partial charge on any atom is -0.443 e. The number of fused-ring (bicyclic) bond motifs is 5. The Hall–Kier alpha value is -1.53. The lowest BCUT2D eigenvalue weighted by atomic mass is 9.34. The van der Waals surface area contributed by atoms with Crippen LogP contribution in [-0.4, -0.2) is 46.5 Å². The largest absolute Gasteiger partial charge is 0.443 e. The zero-order chi connectivity index (χ0) is 24.8. The summed E-state index contributed by atoms with van der Waals surface area (Å²) in [4.78, 5) is 43.1. The Morgan fingerprint density at radius 1 is 1.09 bits per heavy atom. The molecular weight excluding hydrogens is 442 g/mol. The van der Waals surface area contributed by atoms with E-state index in [2.05, 4.69) is 32.6 Å². The van der Waals surface area contributed by atoms with Crippen LogP contribution in [0, 0.1) is 39.9 Å². The molecule has 0 aromatic rings. The number of ketones is 2. The second-order valence-electron chi connectivity index (χ2n) is 14.1. The molecule has 6 nitrogen and oxygen atoms in total. The van der Waals surface area contributed by atoms with Gasteiger partial charge in [0.1, 0.15) is 11.5 Å². The number of carbonyl (C=O) groups excluding carboxylic acids is 3. The Balaban J connectivity index is 1.44. The van der Waals surface area contributed by atoms with Crippen molar-refractivity contribution in [2.75, 3.05) is 6.54 Å². The van der Waals surface area contributed by atoms with Crippen molar-refractivity contribution < 1.29 is 23.9 Å². The monoisotopic (exact) mass is 481 g/mol. The van der Waals surface area contributed by atoms with E-state index in [1.54, 1.807) is 6.08 Å². The SMILES string of the molecule is CC1=CC(=O)[C@H]2CC(=O)C3[C@]4(C)CC(=O)O[C@@]5(C[C@@]3(C)[C@@H]2C1)N1C[C@@H]2C[C@H](C)C[C@]1(CC[C@@]45C)O2. The van der Waals surface area contributed by atoms with Crippen LogP contribution in [0.2, 0.25) is 0 Å². The van der Waals surface area contributed by atoms with Gasteiger partial charge in [0.05, 0.1) is 12.5 Å². The lowest BCUT2D eigenvalue weighted by Gasteiger charge is -2.76. The molecule has 2 saturated carbocycles. The number of rotatable bonds is 0. The normalized spacial score (nSPS) is 56.9. The van der Waals surface area contributed by atoms with E-state index in [-0.39, 0.29) is 59.0 Å². The van der Waals surface area contributed by atoms with Gasteiger partial charge >= 0.3 is 5.97 Å². The van der Waals surface area contributed by atoms with E-state index in [1.807, 2.05) is 6.92 Å². The van der Waals surface area contributed by atoms with Crippen molar-refractivity contribution in [2.45, 2.75) is 104 Å². The number of hydrogen-bond acceptors (Lipinski definition) is 6. The van der Waals surface area contributed by atoms with E-state index in [1.165, 1.54) is 0 Å². The van der Waals surface area contributed by atoms with Gasteiger partial charge in [0.25, 0.3) is 0 Å². The first kappa shape index (κ1) is 22.7. The third kappa shape index (κ3) is 2.43. The average Bonchev–Trinajstić information content (AvgIpc) is 3.01. The van der Waals surface area contributed by atoms with E-state index < -0.39 is 16.6 Å². The molecule has 190 valence electrons. The summed E-state index contributed by atoms with van der Waals surface area (Å²) in [7, 11) is 0. The van der Waals surface area contributed by atoms with Crippen molar-refractivity contribution in [2.24, 2.45) is 39.9 Å². The predicted molar refractivity (Wildman–Crippen MR) is 128 cm³/mol. The number of nitrogens with zero attached hydrogens (tertiary/aromatic N) is 1. The highest BCUT2D eigenvalue weighted by atomic mass is 16.6. The summed E-state index contributed by atoms with van der Waals surface area (Å²) < 4.78 is 13.4. The molecule has 10 atom stereocenters. The van der Waals surface area contributed by atoms with Crippen molar-refractivity contribution in [3.63, 3.8) is 0 Å². The maximum Gasteiger partial charge on any atom is 0.308 e. The Labute approximate surface area is 208 Å². The van der Waals surface area contributed by atoms with Gasteiger partial charge in [-0.1, -0.05) is 33.3 Å². The molecule has 6 fully saturated rings. The summed E-state index contributed by atoms with van der Waals surface area (Å²) in [6.45, 7) is 11.9. The molecule has 7 rings (SSSR count). The summed E-state index contributed by atoms with van der Waals surface area (Å²) in [6.07, 6.45) is 7.78. The smallest absolute Gasteiger partial charge is 0.308 e. The quantitative estimate of drug-likeness (QED) is 0.477. The molecule has 1 unspecified atom stereocenters. The molecule has 0 radical (unpaired) electrons. The maximum absolute atomic E-state index is 14.0. The molecule has 6 heteroatoms. The first-order valence-electron chi connectivity index (χ1n) is 13.8. The van der Waals surface area contributed by atoms with Gasteiger partial charge in [0, 0.05) is 36.6 Å². The number of hydrogen-bond donors (Lipinski definition) is 0. The van der Waals surface area contributed by atoms with Crippen molar-refractivity contribution in [1.82, 2.24) is 4.90 Å².